The molecule has 2 bridgehead atoms. The molecule has 7 N–H and O–H groups in total. The largest absolute Gasteiger partial charge is 0.508 e. The number of aromatic hydroxyl groups is 2. The molecular weight excluding hydrogens is 1360 g/mol. The molecule has 1 spiro atoms. The standard InChI is InChI=1S/C20H23NO4.C17H20N2S.C16H25NO2.C11H16N2O3.C8H10N4O2.C8H9NO2/c22-13-4-3-12-9-15-20(24)6-5-14(23)18-19(20,16(12)17(13)25-18)7-8-21(15)10-11-1-2-11;1-13(18(2)3)12-19-14-8-4-6-10-16(14)20-17-11-7-5-9-15(17)19;1-17(2)12-14-7-4-5-10-16(14,18)13-8-6-9-15(11-13)19-3;1-4-6-11(7(3)5-2)8(14)12-10(16)13-9(11)15;1-10-4-9-6-5(10)7(13)12(3)8(14)11(6)2;1-6(10)9-7-2-4-8(11)5-3-7/h3-4,11,15,18,22,24H,1-2,5-10H2;4-11,13H,12H2,1-3H3;6,8-9,11,14,18H,4-5,7,10,12H2,1-3H3;4,7H,1,5-6H2,2-3H3,(H2,12,13,14,15,16);4H,1-3H3;2-5,11H,1H3,(H,9,10)/t15-,18+,19+,20-;;14-,16+;;;/m1.1.../s1. The number of ether oxygens (including phenoxy) is 2. The second-order valence-electron chi connectivity index (χ2n) is 29.5. The summed E-state index contributed by atoms with van der Waals surface area (Å²) in [5, 5.41) is 49.2. The van der Waals surface area contributed by atoms with Crippen LogP contribution in [0.25, 0.3) is 11.2 Å². The number of likely N-dealkylation sites (tertiary alicyclic amines) is 1. The van der Waals surface area contributed by atoms with Gasteiger partial charge >= 0.3 is 11.7 Å². The van der Waals surface area contributed by atoms with Gasteiger partial charge in [-0.25, -0.2) is 14.6 Å². The number of aliphatic hydroxyl groups is 2. The van der Waals surface area contributed by atoms with Crippen molar-refractivity contribution in [3.63, 3.8) is 0 Å². The number of methoxy groups -OCH3 is 1. The zero-order valence-corrected chi connectivity index (χ0v) is 63.3. The summed E-state index contributed by atoms with van der Waals surface area (Å²) in [7, 11) is 14.9. The van der Waals surface area contributed by atoms with Gasteiger partial charge in [0.25, 0.3) is 5.56 Å². The number of urea groups is 1. The molecule has 25 heteroatoms. The topological polar surface area (TPSA) is 296 Å². The molecule has 7 aromatic rings. The number of fused-ring (bicyclic) bond motifs is 3. The number of rotatable bonds is 14. The molecule has 2 saturated heterocycles. The minimum atomic E-state index is -1.20. The van der Waals surface area contributed by atoms with Gasteiger partial charge in [-0.15, -0.1) is 6.58 Å². The molecule has 5 amide bonds. The van der Waals surface area contributed by atoms with Crippen molar-refractivity contribution >= 4 is 69.5 Å². The summed E-state index contributed by atoms with van der Waals surface area (Å²) in [6.45, 7) is 14.9. The van der Waals surface area contributed by atoms with Crippen molar-refractivity contribution in [1.82, 2.24) is 44.0 Å². The van der Waals surface area contributed by atoms with E-state index in [4.69, 9.17) is 14.6 Å². The number of imide groups is 2. The lowest BCUT2D eigenvalue weighted by Gasteiger charge is -2.62. The summed E-state index contributed by atoms with van der Waals surface area (Å²) in [6.07, 6.45) is 12.5. The number of anilines is 3. The third-order valence-electron chi connectivity index (χ3n) is 22.3. The number of carbonyl (C=O) groups excluding carboxylic acids is 5. The Kier molecular flexibility index (Phi) is 24.5. The molecule has 5 aromatic carbocycles. The number of aryl methyl sites for hydroxylation is 2. The lowest BCUT2D eigenvalue weighted by molar-refractivity contribution is -0.188. The summed E-state index contributed by atoms with van der Waals surface area (Å²) in [6, 6.07) is 35.0. The number of phenols is 2. The second-order valence-corrected chi connectivity index (χ2v) is 30.6. The quantitative estimate of drug-likeness (QED) is 0.0303. The van der Waals surface area contributed by atoms with Crippen LogP contribution in [0.5, 0.6) is 23.0 Å². The van der Waals surface area contributed by atoms with E-state index < -0.39 is 46.0 Å². The van der Waals surface area contributed by atoms with Crippen molar-refractivity contribution in [3.05, 3.63) is 166 Å². The third-order valence-corrected chi connectivity index (χ3v) is 23.4. The number of amides is 5. The van der Waals surface area contributed by atoms with Crippen LogP contribution < -0.4 is 41.6 Å². The molecule has 105 heavy (non-hydrogen) atoms. The molecule has 4 aliphatic carbocycles. The van der Waals surface area contributed by atoms with Crippen LogP contribution >= 0.6 is 11.8 Å². The minimum Gasteiger partial charge on any atom is -0.508 e. The number of aromatic nitrogens is 4. The number of hydrogen-bond donors (Lipinski definition) is 7. The Hall–Kier alpha value is -9.11. The summed E-state index contributed by atoms with van der Waals surface area (Å²) in [5.41, 5.74) is 3.06. The molecule has 2 unspecified atom stereocenters. The minimum absolute atomic E-state index is 0.0454. The number of hydrogen-bond acceptors (Lipinski definition) is 19. The van der Waals surface area contributed by atoms with Crippen molar-refractivity contribution in [2.24, 2.45) is 44.3 Å². The molecule has 0 radical (unpaired) electrons. The second kappa shape index (κ2) is 32.7. The van der Waals surface area contributed by atoms with E-state index in [0.717, 1.165) is 91.2 Å². The SMILES string of the molecule is C=CCC1(C(C)CC)C(=O)NC(=O)NC1=O.CC(=O)Nc1ccc(O)cc1.CC(CN1c2ccccc2Sc2ccccc21)N(C)C.COc1cccc([C@@]2(O)CCCC[C@@H]2CN(C)C)c1.Cn1c(=O)c2c(ncn2C)n(C)c1=O.O=C1CC[C@@]2(O)[C@H]3Cc4ccc(O)c5c4[C@@]2(CCN3CC2CC2)[C@H]1O5. The molecule has 24 nitrogen and oxygen atoms in total. The van der Waals surface area contributed by atoms with Crippen LogP contribution in [0, 0.1) is 23.2 Å². The molecule has 2 aromatic heterocycles. The Bertz CT molecular complexity index is 4410. The maximum atomic E-state index is 12.7. The summed E-state index contributed by atoms with van der Waals surface area (Å²) < 4.78 is 15.4. The number of carbonyl (C=O) groups is 5. The summed E-state index contributed by atoms with van der Waals surface area (Å²) >= 11 is 1.87. The van der Waals surface area contributed by atoms with E-state index in [-0.39, 0.29) is 52.8 Å². The number of imidazole rings is 1. The molecule has 4 aliphatic heterocycles. The van der Waals surface area contributed by atoms with Crippen molar-refractivity contribution < 1.29 is 53.9 Å². The normalized spacial score (nSPS) is 23.3. The molecule has 562 valence electrons. The Morgan fingerprint density at radius 2 is 1.50 bits per heavy atom. The van der Waals surface area contributed by atoms with Crippen molar-refractivity contribution in [2.75, 3.05) is 71.7 Å². The smallest absolute Gasteiger partial charge is 0.332 e. The highest BCUT2D eigenvalue weighted by Gasteiger charge is 2.73. The maximum Gasteiger partial charge on any atom is 0.332 e. The van der Waals surface area contributed by atoms with Crippen molar-refractivity contribution in [1.29, 1.82) is 0 Å². The molecule has 6 heterocycles. The Morgan fingerprint density at radius 1 is 0.838 bits per heavy atom. The van der Waals surface area contributed by atoms with Crippen LogP contribution in [-0.2, 0) is 57.8 Å². The fraction of sp³-hybridized carbons (Fsp3) is 0.475. The number of nitrogens with one attached hydrogen (secondary N) is 3. The van der Waals surface area contributed by atoms with Gasteiger partial charge in [-0.1, -0.05) is 93.4 Å². The predicted molar refractivity (Wildman–Crippen MR) is 406 cm³/mol. The van der Waals surface area contributed by atoms with E-state index in [2.05, 4.69) is 131 Å². The fourth-order valence-corrected chi connectivity index (χ4v) is 17.1. The number of Topliss-reactive ketones (excluding diaryl/α,β-unsaturated/α-hetero) is 1. The number of piperidine rings is 1. The first-order chi connectivity index (χ1) is 50.0. The van der Waals surface area contributed by atoms with E-state index in [9.17, 15) is 48.9 Å². The van der Waals surface area contributed by atoms with Crippen LogP contribution in [0.1, 0.15) is 115 Å². The van der Waals surface area contributed by atoms with Crippen LogP contribution in [0.4, 0.5) is 21.9 Å². The molecule has 3 saturated carbocycles. The first-order valence-corrected chi connectivity index (χ1v) is 37.0. The lowest BCUT2D eigenvalue weighted by Crippen LogP contribution is -2.76. The van der Waals surface area contributed by atoms with Gasteiger partial charge in [-0.3, -0.25) is 48.6 Å². The van der Waals surface area contributed by atoms with Crippen LogP contribution in [-0.4, -0.2) is 169 Å². The van der Waals surface area contributed by atoms with E-state index in [1.165, 1.54) is 83.5 Å². The molecule has 15 rings (SSSR count). The van der Waals surface area contributed by atoms with Crippen LogP contribution in [0.3, 0.4) is 0 Å². The maximum absolute atomic E-state index is 12.7. The highest BCUT2D eigenvalue weighted by molar-refractivity contribution is 7.99. The molecule has 8 aliphatic rings. The average molecular weight is 1460 g/mol. The van der Waals surface area contributed by atoms with Gasteiger partial charge in [0.05, 0.1) is 41.4 Å². The fourth-order valence-electron chi connectivity index (χ4n) is 16.0. The number of para-hydroxylation sites is 2. The van der Waals surface area contributed by atoms with E-state index in [1.807, 2.05) is 55.9 Å². The van der Waals surface area contributed by atoms with Gasteiger partial charge in [0.1, 0.15) is 16.9 Å². The first kappa shape index (κ1) is 78.5. The Labute approximate surface area is 618 Å². The number of phenolic OH excluding ortho intramolecular Hbond substituents is 2. The summed E-state index contributed by atoms with van der Waals surface area (Å²) in [5.74, 6) is 1.36. The summed E-state index contributed by atoms with van der Waals surface area (Å²) in [4.78, 5) is 97.2. The number of likely N-dealkylation sites (N-methyl/N-ethyl adjacent to an activating group) is 1. The van der Waals surface area contributed by atoms with Gasteiger partial charge in [-0.05, 0) is 183 Å². The first-order valence-electron chi connectivity index (χ1n) is 36.2. The number of barbiturate groups is 1. The number of allylic oxidation sites excluding steroid dienone is 1. The van der Waals surface area contributed by atoms with Gasteiger partial charge < -0.3 is 54.5 Å². The molecule has 8 atom stereocenters. The third kappa shape index (κ3) is 15.9. The van der Waals surface area contributed by atoms with E-state index >= 15 is 0 Å². The van der Waals surface area contributed by atoms with E-state index in [1.54, 1.807) is 44.0 Å². The molecule has 5 fully saturated rings. The van der Waals surface area contributed by atoms with Gasteiger partial charge in [0.15, 0.2) is 34.6 Å². The Morgan fingerprint density at radius 3 is 2.10 bits per heavy atom. The number of ketones is 1. The predicted octanol–water partition coefficient (Wildman–Crippen LogP) is 9.68. The zero-order chi connectivity index (χ0) is 76.0. The van der Waals surface area contributed by atoms with Crippen LogP contribution in [0.15, 0.2) is 148 Å². The van der Waals surface area contributed by atoms with Gasteiger partial charge in [0, 0.05) is 93.2 Å². The highest BCUT2D eigenvalue weighted by atomic mass is 32.2. The van der Waals surface area contributed by atoms with Gasteiger partial charge in [0.2, 0.25) is 17.7 Å². The number of nitrogens with zero attached hydrogens (tertiary/aromatic N) is 8. The van der Waals surface area contributed by atoms with Crippen molar-refractivity contribution in [3.8, 4) is 23.0 Å². The average Bonchev–Trinajstić information content (AvgIpc) is 1.56. The zero-order valence-electron chi connectivity index (χ0n) is 62.5. The van der Waals surface area contributed by atoms with Gasteiger partial charge in [-0.2, -0.15) is 0 Å². The number of benzene rings is 5. The Balaban J connectivity index is 0.000000138. The molecular formula is C80H103N11O13S. The monoisotopic (exact) mass is 1460 g/mol. The van der Waals surface area contributed by atoms with E-state index in [0.29, 0.717) is 53.8 Å². The highest BCUT2D eigenvalue weighted by Crippen LogP contribution is 2.65. The lowest BCUT2D eigenvalue weighted by atomic mass is 9.49. The van der Waals surface area contributed by atoms with Crippen LogP contribution in [0.2, 0.25) is 0 Å². The van der Waals surface area contributed by atoms with Crippen molar-refractivity contribution in [2.45, 2.75) is 149 Å².